The van der Waals surface area contributed by atoms with Gasteiger partial charge in [-0.2, -0.15) is 0 Å². The number of sulfonamides is 1. The highest BCUT2D eigenvalue weighted by Crippen LogP contribution is 2.42. The van der Waals surface area contributed by atoms with Crippen molar-refractivity contribution in [3.63, 3.8) is 0 Å². The molecule has 1 heterocycles. The molecule has 0 aliphatic carbocycles. The predicted molar refractivity (Wildman–Crippen MR) is 130 cm³/mol. The minimum absolute atomic E-state index is 0.0521. The normalized spacial score (nSPS) is 16.3. The molecule has 184 valence electrons. The molecule has 34 heavy (non-hydrogen) atoms. The molecule has 1 unspecified atom stereocenters. The van der Waals surface area contributed by atoms with Crippen LogP contribution in [-0.2, 0) is 14.8 Å². The number of likely N-dealkylation sites (N-methyl/N-ethyl adjacent to an activating group) is 1. The van der Waals surface area contributed by atoms with E-state index < -0.39 is 33.6 Å². The second kappa shape index (κ2) is 9.95. The highest BCUT2D eigenvalue weighted by Gasteiger charge is 2.38. The third-order valence-corrected chi connectivity index (χ3v) is 7.45. The van der Waals surface area contributed by atoms with Gasteiger partial charge in [0.1, 0.15) is 22.1 Å². The Morgan fingerprint density at radius 1 is 1.24 bits per heavy atom. The van der Waals surface area contributed by atoms with Crippen LogP contribution in [-0.4, -0.2) is 50.0 Å². The van der Waals surface area contributed by atoms with E-state index in [4.69, 9.17) is 9.47 Å². The van der Waals surface area contributed by atoms with Crippen molar-refractivity contribution in [3.05, 3.63) is 70.1 Å². The molecule has 3 rings (SSSR count). The molecule has 0 fully saturated rings. The van der Waals surface area contributed by atoms with E-state index >= 15 is 0 Å². The van der Waals surface area contributed by atoms with Gasteiger partial charge in [-0.15, -0.1) is 0 Å². The molecule has 0 aromatic heterocycles. The molecule has 7 nitrogen and oxygen atoms in total. The predicted octanol–water partition coefficient (Wildman–Crippen LogP) is 5.48. The number of benzene rings is 2. The maximum atomic E-state index is 14.8. The molecule has 10 heteroatoms. The van der Waals surface area contributed by atoms with Crippen LogP contribution in [0, 0.1) is 5.82 Å². The molecule has 0 spiro atoms. The number of halogens is 2. The Kier molecular flexibility index (Phi) is 7.62. The van der Waals surface area contributed by atoms with Gasteiger partial charge >= 0.3 is 6.09 Å². The minimum Gasteiger partial charge on any atom is -0.495 e. The number of ether oxygens (including phenoxy) is 2. The number of carbonyl (C=O) groups excluding carboxylic acids is 1. The average molecular weight is 555 g/mol. The summed E-state index contributed by atoms with van der Waals surface area (Å²) in [5, 5.41) is 0. The largest absolute Gasteiger partial charge is 0.495 e. The van der Waals surface area contributed by atoms with E-state index in [1.165, 1.54) is 30.3 Å². The van der Waals surface area contributed by atoms with Crippen LogP contribution in [0.4, 0.5) is 9.18 Å². The van der Waals surface area contributed by atoms with Crippen molar-refractivity contribution in [2.24, 2.45) is 0 Å². The maximum absolute atomic E-state index is 14.8. The van der Waals surface area contributed by atoms with E-state index in [1.54, 1.807) is 58.2 Å². The van der Waals surface area contributed by atoms with E-state index in [0.717, 1.165) is 4.31 Å². The molecule has 0 radical (unpaired) electrons. The lowest BCUT2D eigenvalue weighted by Gasteiger charge is -2.26. The molecule has 1 atom stereocenters. The van der Waals surface area contributed by atoms with Gasteiger partial charge in [-0.3, -0.25) is 4.31 Å². The van der Waals surface area contributed by atoms with Gasteiger partial charge in [0, 0.05) is 29.8 Å². The minimum atomic E-state index is -4.14. The van der Waals surface area contributed by atoms with Crippen LogP contribution in [0.2, 0.25) is 0 Å². The Hall–Kier alpha value is -2.59. The van der Waals surface area contributed by atoms with Crippen LogP contribution in [0.15, 0.2) is 63.6 Å². The Bertz CT molecular complexity index is 1210. The molecule has 1 aliphatic rings. The third kappa shape index (κ3) is 5.72. The molecule has 0 saturated carbocycles. The van der Waals surface area contributed by atoms with Crippen molar-refractivity contribution < 1.29 is 27.1 Å². The highest BCUT2D eigenvalue weighted by molar-refractivity contribution is 9.10. The summed E-state index contributed by atoms with van der Waals surface area (Å²) >= 11 is 3.31. The number of amides is 1. The molecule has 0 N–H and O–H groups in total. The van der Waals surface area contributed by atoms with Crippen LogP contribution >= 0.6 is 15.9 Å². The van der Waals surface area contributed by atoms with E-state index in [2.05, 4.69) is 15.9 Å². The standard InChI is InChI=1S/C24H28BrFN2O5S/c1-24(2,3)33-23(29)27(4)14-16-12-20(18-8-6-7-9-19(18)26)28(15-16)34(30,31)22-13-17(25)10-11-21(22)32-5/h6-11,13,15,20H,12,14H2,1-5H3. The fourth-order valence-corrected chi connectivity index (χ4v) is 5.90. The van der Waals surface area contributed by atoms with Crippen molar-refractivity contribution in [2.75, 3.05) is 20.7 Å². The smallest absolute Gasteiger partial charge is 0.410 e. The first-order chi connectivity index (χ1) is 15.8. The van der Waals surface area contributed by atoms with E-state index in [-0.39, 0.29) is 29.2 Å². The van der Waals surface area contributed by atoms with Gasteiger partial charge in [0.2, 0.25) is 0 Å². The topological polar surface area (TPSA) is 76.2 Å². The van der Waals surface area contributed by atoms with Crippen molar-refractivity contribution in [2.45, 2.75) is 43.7 Å². The molecular formula is C24H28BrFN2O5S. The van der Waals surface area contributed by atoms with Crippen LogP contribution in [0.25, 0.3) is 0 Å². The summed E-state index contributed by atoms with van der Waals surface area (Å²) < 4.78 is 54.7. The zero-order valence-corrected chi connectivity index (χ0v) is 22.1. The lowest BCUT2D eigenvalue weighted by Crippen LogP contribution is -2.35. The van der Waals surface area contributed by atoms with Crippen molar-refractivity contribution in [1.82, 2.24) is 9.21 Å². The fraction of sp³-hybridized carbons (Fsp3) is 0.375. The average Bonchev–Trinajstić information content (AvgIpc) is 3.17. The lowest BCUT2D eigenvalue weighted by atomic mass is 10.0. The first kappa shape index (κ1) is 26.0. The molecule has 2 aromatic rings. The van der Waals surface area contributed by atoms with Crippen molar-refractivity contribution >= 4 is 32.0 Å². The molecule has 0 saturated heterocycles. The van der Waals surface area contributed by atoms with Gasteiger partial charge in [0.05, 0.1) is 13.2 Å². The summed E-state index contributed by atoms with van der Waals surface area (Å²) in [5.74, 6) is -0.340. The maximum Gasteiger partial charge on any atom is 0.410 e. The summed E-state index contributed by atoms with van der Waals surface area (Å²) in [6.45, 7) is 5.42. The first-order valence-electron chi connectivity index (χ1n) is 10.6. The third-order valence-electron chi connectivity index (χ3n) is 5.16. The fourth-order valence-electron chi connectivity index (χ4n) is 3.67. The Balaban J connectivity index is 2.02. The molecular weight excluding hydrogens is 527 g/mol. The van der Waals surface area contributed by atoms with Gasteiger partial charge in [-0.25, -0.2) is 17.6 Å². The zero-order chi connectivity index (χ0) is 25.3. The van der Waals surface area contributed by atoms with Gasteiger partial charge in [0.15, 0.2) is 0 Å². The highest BCUT2D eigenvalue weighted by atomic mass is 79.9. The zero-order valence-electron chi connectivity index (χ0n) is 19.7. The van der Waals surface area contributed by atoms with Crippen molar-refractivity contribution in [3.8, 4) is 5.75 Å². The van der Waals surface area contributed by atoms with Crippen LogP contribution in [0.3, 0.4) is 0 Å². The summed E-state index contributed by atoms with van der Waals surface area (Å²) in [7, 11) is -1.18. The number of hydrogen-bond donors (Lipinski definition) is 0. The number of rotatable bonds is 6. The van der Waals surface area contributed by atoms with Gasteiger partial charge in [-0.1, -0.05) is 34.1 Å². The Morgan fingerprint density at radius 3 is 2.53 bits per heavy atom. The summed E-state index contributed by atoms with van der Waals surface area (Å²) in [5.41, 5.74) is 0.211. The summed E-state index contributed by atoms with van der Waals surface area (Å²) in [4.78, 5) is 13.8. The van der Waals surface area contributed by atoms with Crippen LogP contribution in [0.5, 0.6) is 5.75 Å². The number of nitrogens with zero attached hydrogens (tertiary/aromatic N) is 2. The van der Waals surface area contributed by atoms with E-state index in [1.807, 2.05) is 0 Å². The van der Waals surface area contributed by atoms with Gasteiger partial charge < -0.3 is 14.4 Å². The van der Waals surface area contributed by atoms with Gasteiger partial charge in [-0.05, 0) is 57.0 Å². The molecule has 1 aliphatic heterocycles. The molecule has 2 aromatic carbocycles. The van der Waals surface area contributed by atoms with E-state index in [0.29, 0.717) is 10.0 Å². The van der Waals surface area contributed by atoms with Crippen LogP contribution in [0.1, 0.15) is 38.8 Å². The Morgan fingerprint density at radius 2 is 1.91 bits per heavy atom. The molecule has 1 amide bonds. The first-order valence-corrected chi connectivity index (χ1v) is 12.8. The van der Waals surface area contributed by atoms with Crippen LogP contribution < -0.4 is 4.74 Å². The second-order valence-electron chi connectivity index (χ2n) is 9.00. The second-order valence-corrected chi connectivity index (χ2v) is 11.7. The summed E-state index contributed by atoms with van der Waals surface area (Å²) in [6, 6.07) is 9.92. The molecule has 0 bridgehead atoms. The van der Waals surface area contributed by atoms with Gasteiger partial charge in [0.25, 0.3) is 10.0 Å². The van der Waals surface area contributed by atoms with E-state index in [9.17, 15) is 17.6 Å². The number of hydrogen-bond acceptors (Lipinski definition) is 5. The Labute approximate surface area is 208 Å². The number of methoxy groups -OCH3 is 1. The summed E-state index contributed by atoms with van der Waals surface area (Å²) in [6.07, 6.45) is 1.14. The number of carbonyl (C=O) groups is 1. The lowest BCUT2D eigenvalue weighted by molar-refractivity contribution is 0.0312. The quantitative estimate of drug-likeness (QED) is 0.472. The monoisotopic (exact) mass is 554 g/mol. The SMILES string of the molecule is COc1ccc(Br)cc1S(=O)(=O)N1C=C(CN(C)C(=O)OC(C)(C)C)CC1c1ccccc1F. The van der Waals surface area contributed by atoms with Crippen molar-refractivity contribution in [1.29, 1.82) is 0 Å².